The third-order valence-corrected chi connectivity index (χ3v) is 3.04. The summed E-state index contributed by atoms with van der Waals surface area (Å²) >= 11 is 11.8. The summed E-state index contributed by atoms with van der Waals surface area (Å²) in [6.07, 6.45) is 0. The van der Waals surface area contributed by atoms with E-state index < -0.39 is 17.7 Å². The number of hydrogen-bond acceptors (Lipinski definition) is 2. The number of benzene rings is 2. The first-order chi connectivity index (χ1) is 8.99. The number of nitrogens with one attached hydrogen (secondary N) is 1. The Morgan fingerprint density at radius 2 is 1.32 bits per heavy atom. The maximum Gasteiger partial charge on any atom is 0.126 e. The molecule has 0 aliphatic carbocycles. The van der Waals surface area contributed by atoms with Crippen LogP contribution in [-0.2, 0) is 0 Å². The van der Waals surface area contributed by atoms with Crippen LogP contribution in [-0.4, -0.2) is 0 Å². The van der Waals surface area contributed by atoms with E-state index in [2.05, 4.69) is 5.43 Å². The van der Waals surface area contributed by atoms with Crippen LogP contribution in [0.2, 0.25) is 10.0 Å². The monoisotopic (exact) mass is 302 g/mol. The molecule has 0 fully saturated rings. The van der Waals surface area contributed by atoms with Crippen LogP contribution in [0.25, 0.3) is 0 Å². The minimum absolute atomic E-state index is 0.346. The van der Waals surface area contributed by atoms with Crippen LogP contribution in [0, 0.1) is 11.6 Å². The molecule has 6 heteroatoms. The summed E-state index contributed by atoms with van der Waals surface area (Å²) in [5, 5.41) is 0.833. The minimum atomic E-state index is -0.677. The fourth-order valence-electron chi connectivity index (χ4n) is 1.87. The highest BCUT2D eigenvalue weighted by Crippen LogP contribution is 2.28. The summed E-state index contributed by atoms with van der Waals surface area (Å²) in [6.45, 7) is 0. The van der Waals surface area contributed by atoms with Gasteiger partial charge in [0.1, 0.15) is 11.6 Å². The lowest BCUT2D eigenvalue weighted by molar-refractivity contribution is 0.566. The summed E-state index contributed by atoms with van der Waals surface area (Å²) in [7, 11) is 0. The van der Waals surface area contributed by atoms with E-state index in [0.717, 1.165) is 6.07 Å². The van der Waals surface area contributed by atoms with Gasteiger partial charge in [-0.2, -0.15) is 0 Å². The molecule has 2 aromatic carbocycles. The molecular formula is C13H10Cl2F2N2. The highest BCUT2D eigenvalue weighted by Gasteiger charge is 2.15. The van der Waals surface area contributed by atoms with Gasteiger partial charge in [0, 0.05) is 16.1 Å². The van der Waals surface area contributed by atoms with Gasteiger partial charge in [0.25, 0.3) is 0 Å². The Kier molecular flexibility index (Phi) is 4.37. The van der Waals surface area contributed by atoms with Crippen molar-refractivity contribution in [3.63, 3.8) is 0 Å². The number of hydrazine groups is 1. The quantitative estimate of drug-likeness (QED) is 0.668. The van der Waals surface area contributed by atoms with E-state index in [1.165, 1.54) is 12.1 Å². The van der Waals surface area contributed by atoms with E-state index in [9.17, 15) is 8.78 Å². The smallest absolute Gasteiger partial charge is 0.126 e. The summed E-state index contributed by atoms with van der Waals surface area (Å²) in [6, 6.07) is 7.39. The molecule has 0 saturated carbocycles. The van der Waals surface area contributed by atoms with Gasteiger partial charge in [-0.15, -0.1) is 0 Å². The van der Waals surface area contributed by atoms with Crippen LogP contribution in [0.1, 0.15) is 17.2 Å². The van der Waals surface area contributed by atoms with Crippen molar-refractivity contribution in [3.05, 3.63) is 69.2 Å². The van der Waals surface area contributed by atoms with Crippen molar-refractivity contribution in [2.45, 2.75) is 6.04 Å². The zero-order chi connectivity index (χ0) is 14.0. The first-order valence-corrected chi connectivity index (χ1v) is 6.13. The van der Waals surface area contributed by atoms with Crippen molar-refractivity contribution < 1.29 is 8.78 Å². The summed E-state index contributed by atoms with van der Waals surface area (Å²) in [5.74, 6) is 4.10. The van der Waals surface area contributed by atoms with Gasteiger partial charge in [0.05, 0.1) is 6.04 Å². The molecule has 0 spiro atoms. The average molecular weight is 303 g/mol. The first kappa shape index (κ1) is 14.2. The van der Waals surface area contributed by atoms with Gasteiger partial charge in [0.2, 0.25) is 0 Å². The molecule has 0 aromatic heterocycles. The van der Waals surface area contributed by atoms with E-state index in [1.54, 1.807) is 18.2 Å². The lowest BCUT2D eigenvalue weighted by Crippen LogP contribution is -2.29. The molecule has 0 aliphatic rings. The van der Waals surface area contributed by atoms with Gasteiger partial charge in [-0.05, 0) is 41.5 Å². The zero-order valence-corrected chi connectivity index (χ0v) is 11.1. The Morgan fingerprint density at radius 1 is 0.842 bits per heavy atom. The molecule has 1 atom stereocenters. The highest BCUT2D eigenvalue weighted by atomic mass is 35.5. The van der Waals surface area contributed by atoms with Crippen LogP contribution < -0.4 is 11.3 Å². The van der Waals surface area contributed by atoms with Crippen LogP contribution in [0.4, 0.5) is 8.78 Å². The second-order valence-electron chi connectivity index (χ2n) is 4.01. The van der Waals surface area contributed by atoms with E-state index in [0.29, 0.717) is 21.2 Å². The predicted octanol–water partition coefficient (Wildman–Crippen LogP) is 3.82. The molecule has 3 N–H and O–H groups in total. The fraction of sp³-hybridized carbons (Fsp3) is 0.0769. The molecule has 100 valence electrons. The Balaban J connectivity index is 2.49. The number of hydrogen-bond donors (Lipinski definition) is 2. The third kappa shape index (κ3) is 3.42. The molecule has 1 unspecified atom stereocenters. The summed E-state index contributed by atoms with van der Waals surface area (Å²) < 4.78 is 26.5. The van der Waals surface area contributed by atoms with Crippen molar-refractivity contribution in [3.8, 4) is 0 Å². The Labute approximate surface area is 119 Å². The first-order valence-electron chi connectivity index (χ1n) is 5.37. The van der Waals surface area contributed by atoms with Gasteiger partial charge >= 0.3 is 0 Å². The van der Waals surface area contributed by atoms with E-state index in [1.807, 2.05) is 0 Å². The molecule has 19 heavy (non-hydrogen) atoms. The van der Waals surface area contributed by atoms with Gasteiger partial charge < -0.3 is 0 Å². The molecular weight excluding hydrogens is 293 g/mol. The third-order valence-electron chi connectivity index (χ3n) is 2.60. The second kappa shape index (κ2) is 5.84. The van der Waals surface area contributed by atoms with Crippen molar-refractivity contribution in [1.29, 1.82) is 0 Å². The number of nitrogens with two attached hydrogens (primary N) is 1. The van der Waals surface area contributed by atoms with Gasteiger partial charge in [-0.25, -0.2) is 14.2 Å². The largest absolute Gasteiger partial charge is 0.271 e. The van der Waals surface area contributed by atoms with Gasteiger partial charge in [0.15, 0.2) is 0 Å². The molecule has 0 bridgehead atoms. The molecule has 0 heterocycles. The van der Waals surface area contributed by atoms with Crippen LogP contribution in [0.3, 0.4) is 0 Å². The lowest BCUT2D eigenvalue weighted by atomic mass is 9.99. The standard InChI is InChI=1S/C13H10Cl2F2N2/c14-9-1-7(2-10(15)5-9)13(19-18)8-3-11(16)6-12(17)4-8/h1-6,13,19H,18H2. The maximum atomic E-state index is 13.2. The highest BCUT2D eigenvalue weighted by molar-refractivity contribution is 6.34. The van der Waals surface area contributed by atoms with Crippen molar-refractivity contribution >= 4 is 23.2 Å². The molecule has 0 amide bonds. The summed E-state index contributed by atoms with van der Waals surface area (Å²) in [4.78, 5) is 0. The topological polar surface area (TPSA) is 38.0 Å². The number of rotatable bonds is 3. The molecule has 0 aliphatic heterocycles. The second-order valence-corrected chi connectivity index (χ2v) is 4.88. The van der Waals surface area contributed by atoms with Crippen LogP contribution >= 0.6 is 23.2 Å². The Bertz CT molecular complexity index is 513. The molecule has 2 aromatic rings. The average Bonchev–Trinajstić information content (AvgIpc) is 2.27. The van der Waals surface area contributed by atoms with Gasteiger partial charge in [-0.1, -0.05) is 23.2 Å². The van der Waals surface area contributed by atoms with Crippen LogP contribution in [0.5, 0.6) is 0 Å². The van der Waals surface area contributed by atoms with Crippen molar-refractivity contribution in [2.24, 2.45) is 5.84 Å². The van der Waals surface area contributed by atoms with E-state index in [4.69, 9.17) is 29.0 Å². The molecule has 2 nitrogen and oxygen atoms in total. The Hall–Kier alpha value is -1.20. The lowest BCUT2D eigenvalue weighted by Gasteiger charge is -2.17. The maximum absolute atomic E-state index is 13.2. The molecule has 0 saturated heterocycles. The molecule has 2 rings (SSSR count). The van der Waals surface area contributed by atoms with Crippen molar-refractivity contribution in [2.75, 3.05) is 0 Å². The molecule has 0 radical (unpaired) electrons. The van der Waals surface area contributed by atoms with E-state index >= 15 is 0 Å². The van der Waals surface area contributed by atoms with Crippen LogP contribution in [0.15, 0.2) is 36.4 Å². The van der Waals surface area contributed by atoms with E-state index in [-0.39, 0.29) is 0 Å². The normalized spacial score (nSPS) is 12.5. The summed E-state index contributed by atoms with van der Waals surface area (Å²) in [5.41, 5.74) is 3.45. The predicted molar refractivity (Wildman–Crippen MR) is 72.0 cm³/mol. The SMILES string of the molecule is NNC(c1cc(F)cc(F)c1)c1cc(Cl)cc(Cl)c1. The Morgan fingerprint density at radius 3 is 1.79 bits per heavy atom. The minimum Gasteiger partial charge on any atom is -0.271 e. The van der Waals surface area contributed by atoms with Crippen molar-refractivity contribution in [1.82, 2.24) is 5.43 Å². The van der Waals surface area contributed by atoms with Gasteiger partial charge in [-0.3, -0.25) is 5.84 Å². The zero-order valence-electron chi connectivity index (χ0n) is 9.63. The number of halogens is 4. The fourth-order valence-corrected chi connectivity index (χ4v) is 2.41.